The summed E-state index contributed by atoms with van der Waals surface area (Å²) in [7, 11) is 0. The predicted octanol–water partition coefficient (Wildman–Crippen LogP) is 2.27. The molecule has 2 aromatic rings. The van der Waals surface area contributed by atoms with Crippen LogP contribution in [0, 0.1) is 13.8 Å². The molecule has 0 fully saturated rings. The van der Waals surface area contributed by atoms with E-state index in [9.17, 15) is 0 Å². The minimum atomic E-state index is 0.523. The van der Waals surface area contributed by atoms with Gasteiger partial charge in [-0.2, -0.15) is 5.10 Å². The lowest BCUT2D eigenvalue weighted by Crippen LogP contribution is -2.05. The highest BCUT2D eigenvalue weighted by molar-refractivity contribution is 5.44. The molecule has 16 heavy (non-hydrogen) atoms. The summed E-state index contributed by atoms with van der Waals surface area (Å²) in [4.78, 5) is 0. The smallest absolute Gasteiger partial charge is 0.149 e. The van der Waals surface area contributed by atoms with Crippen molar-refractivity contribution < 1.29 is 0 Å². The third kappa shape index (κ3) is 2.03. The zero-order chi connectivity index (χ0) is 11.5. The molecule has 0 unspecified atom stereocenters. The van der Waals surface area contributed by atoms with Crippen molar-refractivity contribution in [3.8, 4) is 0 Å². The Hall–Kier alpha value is -1.90. The van der Waals surface area contributed by atoms with Crippen LogP contribution in [-0.2, 0) is 6.42 Å². The van der Waals surface area contributed by atoms with Crippen molar-refractivity contribution >= 4 is 5.82 Å². The molecule has 1 aromatic carbocycles. The van der Waals surface area contributed by atoms with Crippen molar-refractivity contribution in [2.75, 3.05) is 5.73 Å². The summed E-state index contributed by atoms with van der Waals surface area (Å²) in [5, 5.41) is 8.12. The van der Waals surface area contributed by atoms with Crippen molar-refractivity contribution in [2.24, 2.45) is 0 Å². The zero-order valence-corrected chi connectivity index (χ0v) is 9.57. The molecule has 0 saturated carbocycles. The molecule has 0 aliphatic carbocycles. The van der Waals surface area contributed by atoms with Gasteiger partial charge in [-0.05, 0) is 30.5 Å². The molecule has 3 nitrogen and oxygen atoms in total. The Kier molecular flexibility index (Phi) is 2.86. The molecule has 2 rings (SSSR count). The molecule has 2 N–H and O–H groups in total. The van der Waals surface area contributed by atoms with E-state index in [1.807, 2.05) is 32.0 Å². The van der Waals surface area contributed by atoms with E-state index in [-0.39, 0.29) is 0 Å². The monoisotopic (exact) mass is 213 g/mol. The highest BCUT2D eigenvalue weighted by Gasteiger charge is 2.07. The second-order valence-electron chi connectivity index (χ2n) is 3.94. The highest BCUT2D eigenvalue weighted by Crippen LogP contribution is 2.17. The van der Waals surface area contributed by atoms with Gasteiger partial charge in [-0.15, -0.1) is 5.10 Å². The molecule has 0 saturated heterocycles. The molecule has 1 aromatic heterocycles. The van der Waals surface area contributed by atoms with Crippen LogP contribution in [0.3, 0.4) is 0 Å². The Balaban J connectivity index is 2.33. The van der Waals surface area contributed by atoms with Crippen LogP contribution in [0.25, 0.3) is 0 Å². The maximum atomic E-state index is 5.71. The van der Waals surface area contributed by atoms with Gasteiger partial charge in [-0.25, -0.2) is 0 Å². The number of anilines is 1. The lowest BCUT2D eigenvalue weighted by atomic mass is 10.0. The van der Waals surface area contributed by atoms with E-state index in [2.05, 4.69) is 22.3 Å². The molecule has 0 atom stereocenters. The van der Waals surface area contributed by atoms with Gasteiger partial charge in [-0.1, -0.05) is 30.3 Å². The first-order chi connectivity index (χ1) is 7.68. The van der Waals surface area contributed by atoms with Gasteiger partial charge in [0.1, 0.15) is 5.82 Å². The van der Waals surface area contributed by atoms with Crippen molar-refractivity contribution in [3.05, 3.63) is 52.7 Å². The largest absolute Gasteiger partial charge is 0.382 e. The van der Waals surface area contributed by atoms with Crippen LogP contribution in [0.2, 0.25) is 0 Å². The van der Waals surface area contributed by atoms with Crippen LogP contribution in [0.15, 0.2) is 30.3 Å². The Morgan fingerprint density at radius 1 is 1.00 bits per heavy atom. The Bertz CT molecular complexity index is 492. The maximum absolute atomic E-state index is 5.71. The number of benzene rings is 1. The van der Waals surface area contributed by atoms with Crippen LogP contribution >= 0.6 is 0 Å². The fraction of sp³-hybridized carbons (Fsp3) is 0.231. The average molecular weight is 213 g/mol. The molecule has 1 heterocycles. The highest BCUT2D eigenvalue weighted by atomic mass is 15.1. The molecular formula is C13H15N3. The predicted molar refractivity (Wildman–Crippen MR) is 65.2 cm³/mol. The normalized spacial score (nSPS) is 10.4. The quantitative estimate of drug-likeness (QED) is 0.832. The van der Waals surface area contributed by atoms with Crippen molar-refractivity contribution in [1.29, 1.82) is 0 Å². The summed E-state index contributed by atoms with van der Waals surface area (Å²) in [6, 6.07) is 10.3. The van der Waals surface area contributed by atoms with Crippen LogP contribution in [-0.4, -0.2) is 10.2 Å². The van der Waals surface area contributed by atoms with E-state index < -0.39 is 0 Å². The van der Waals surface area contributed by atoms with E-state index in [1.165, 1.54) is 5.56 Å². The molecular weight excluding hydrogens is 198 g/mol. The van der Waals surface area contributed by atoms with Gasteiger partial charge >= 0.3 is 0 Å². The van der Waals surface area contributed by atoms with E-state index >= 15 is 0 Å². The second-order valence-corrected chi connectivity index (χ2v) is 3.94. The molecule has 82 valence electrons. The number of nitrogen functional groups attached to an aromatic ring is 1. The Morgan fingerprint density at radius 3 is 2.38 bits per heavy atom. The lowest BCUT2D eigenvalue weighted by Gasteiger charge is -2.08. The summed E-state index contributed by atoms with van der Waals surface area (Å²) in [5.74, 6) is 0.523. The van der Waals surface area contributed by atoms with E-state index in [1.54, 1.807) is 0 Å². The van der Waals surface area contributed by atoms with E-state index in [0.717, 1.165) is 23.2 Å². The van der Waals surface area contributed by atoms with Gasteiger partial charge in [0.2, 0.25) is 0 Å². The van der Waals surface area contributed by atoms with Crippen LogP contribution < -0.4 is 5.73 Å². The van der Waals surface area contributed by atoms with Crippen molar-refractivity contribution in [1.82, 2.24) is 10.2 Å². The molecule has 0 amide bonds. The maximum Gasteiger partial charge on any atom is 0.149 e. The summed E-state index contributed by atoms with van der Waals surface area (Å²) in [5.41, 5.74) is 10.1. The minimum absolute atomic E-state index is 0.523. The fourth-order valence-corrected chi connectivity index (χ4v) is 1.63. The standard InChI is InChI=1S/C13H15N3/c1-9-10(2)13(14)16-15-12(9)8-11-6-4-3-5-7-11/h3-7H,8H2,1-2H3,(H2,14,16). The first-order valence-electron chi connectivity index (χ1n) is 5.30. The molecule has 0 bridgehead atoms. The molecule has 0 spiro atoms. The first kappa shape index (κ1) is 10.6. The molecule has 0 radical (unpaired) electrons. The lowest BCUT2D eigenvalue weighted by molar-refractivity contribution is 0.913. The first-order valence-corrected chi connectivity index (χ1v) is 5.30. The Morgan fingerprint density at radius 2 is 1.69 bits per heavy atom. The van der Waals surface area contributed by atoms with Gasteiger partial charge in [0.25, 0.3) is 0 Å². The number of nitrogens with zero attached hydrogens (tertiary/aromatic N) is 2. The molecule has 0 aliphatic rings. The van der Waals surface area contributed by atoms with Gasteiger partial charge in [0.05, 0.1) is 5.69 Å². The summed E-state index contributed by atoms with van der Waals surface area (Å²) in [6.45, 7) is 4.02. The number of hydrogen-bond acceptors (Lipinski definition) is 3. The van der Waals surface area contributed by atoms with Crippen LogP contribution in [0.4, 0.5) is 5.82 Å². The van der Waals surface area contributed by atoms with E-state index in [4.69, 9.17) is 5.73 Å². The third-order valence-electron chi connectivity index (χ3n) is 2.87. The number of rotatable bonds is 2. The minimum Gasteiger partial charge on any atom is -0.382 e. The number of nitrogens with two attached hydrogens (primary N) is 1. The fourth-order valence-electron chi connectivity index (χ4n) is 1.63. The zero-order valence-electron chi connectivity index (χ0n) is 9.57. The van der Waals surface area contributed by atoms with Crippen LogP contribution in [0.5, 0.6) is 0 Å². The molecule has 0 aliphatic heterocycles. The van der Waals surface area contributed by atoms with Gasteiger partial charge < -0.3 is 5.73 Å². The topological polar surface area (TPSA) is 51.8 Å². The van der Waals surface area contributed by atoms with E-state index in [0.29, 0.717) is 5.82 Å². The summed E-state index contributed by atoms with van der Waals surface area (Å²) < 4.78 is 0. The van der Waals surface area contributed by atoms with Crippen molar-refractivity contribution in [3.63, 3.8) is 0 Å². The summed E-state index contributed by atoms with van der Waals surface area (Å²) in [6.07, 6.45) is 0.806. The SMILES string of the molecule is Cc1c(N)nnc(Cc2ccccc2)c1C. The Labute approximate surface area is 95.3 Å². The van der Waals surface area contributed by atoms with Gasteiger partial charge in [-0.3, -0.25) is 0 Å². The van der Waals surface area contributed by atoms with Gasteiger partial charge in [0, 0.05) is 6.42 Å². The number of aromatic nitrogens is 2. The summed E-state index contributed by atoms with van der Waals surface area (Å²) >= 11 is 0. The van der Waals surface area contributed by atoms with Gasteiger partial charge in [0.15, 0.2) is 0 Å². The van der Waals surface area contributed by atoms with Crippen LogP contribution in [0.1, 0.15) is 22.4 Å². The molecule has 3 heteroatoms. The second kappa shape index (κ2) is 4.31. The average Bonchev–Trinajstić information content (AvgIpc) is 2.31. The number of hydrogen-bond donors (Lipinski definition) is 1. The van der Waals surface area contributed by atoms with Crippen molar-refractivity contribution in [2.45, 2.75) is 20.3 Å². The third-order valence-corrected chi connectivity index (χ3v) is 2.87.